The maximum Gasteiger partial charge on any atom is 0.327 e. The average Bonchev–Trinajstić information content (AvgIpc) is 3.02. The Balaban J connectivity index is 1.72. The molecule has 0 saturated carbocycles. The Labute approximate surface area is 170 Å². The van der Waals surface area contributed by atoms with Crippen LogP contribution >= 0.6 is 0 Å². The summed E-state index contributed by atoms with van der Waals surface area (Å²) in [5.41, 5.74) is 8.18. The second kappa shape index (κ2) is 7.06. The van der Waals surface area contributed by atoms with Gasteiger partial charge in [-0.1, -0.05) is 0 Å². The highest BCUT2D eigenvalue weighted by atomic mass is 19.1. The van der Waals surface area contributed by atoms with Crippen molar-refractivity contribution < 1.29 is 13.9 Å². The van der Waals surface area contributed by atoms with Crippen LogP contribution in [0.4, 0.5) is 10.1 Å². The van der Waals surface area contributed by atoms with Gasteiger partial charge in [-0.15, -0.1) is 0 Å². The normalized spacial score (nSPS) is 15.4. The highest BCUT2D eigenvalue weighted by Crippen LogP contribution is 2.42. The lowest BCUT2D eigenvalue weighted by Crippen LogP contribution is -2.23. The molecule has 0 bridgehead atoms. The van der Waals surface area contributed by atoms with Gasteiger partial charge in [0.2, 0.25) is 5.88 Å². The number of halogens is 1. The SMILES string of the molecule is CNc1cc(F)c2c3c1[nH]c1nc(Oc4cnc(C)nc4)nc(c13)OC(CCN)C2. The van der Waals surface area contributed by atoms with E-state index in [4.69, 9.17) is 15.2 Å². The van der Waals surface area contributed by atoms with Gasteiger partial charge in [0, 0.05) is 24.4 Å². The van der Waals surface area contributed by atoms with Crippen LogP contribution in [0, 0.1) is 12.7 Å². The maximum absolute atomic E-state index is 15.0. The standard InChI is InChI=1S/C20H20FN7O2/c1-9-24-7-11(8-25-9)30-20-27-18-16-15-12(5-10(3-4-22)29-19(16)28-20)13(21)6-14(23-2)17(15)26-18/h6-8,10,23H,3-5,22H2,1-2H3,(H,26,27,28). The zero-order valence-corrected chi connectivity index (χ0v) is 16.5. The molecule has 9 nitrogen and oxygen atoms in total. The summed E-state index contributed by atoms with van der Waals surface area (Å²) in [6.07, 6.45) is 3.73. The third-order valence-corrected chi connectivity index (χ3v) is 5.16. The number of nitrogens with one attached hydrogen (secondary N) is 2. The lowest BCUT2D eigenvalue weighted by atomic mass is 10.00. The Hall–Kier alpha value is -3.53. The van der Waals surface area contributed by atoms with Crippen molar-refractivity contribution in [3.8, 4) is 17.6 Å². The van der Waals surface area contributed by atoms with Crippen LogP contribution in [0.3, 0.4) is 0 Å². The number of rotatable bonds is 5. The number of nitrogens with two attached hydrogens (primary N) is 1. The van der Waals surface area contributed by atoms with Crippen molar-refractivity contribution in [1.29, 1.82) is 0 Å². The molecular formula is C20H20FN7O2. The van der Waals surface area contributed by atoms with E-state index in [0.717, 1.165) is 5.52 Å². The maximum atomic E-state index is 15.0. The third-order valence-electron chi connectivity index (χ3n) is 5.16. The summed E-state index contributed by atoms with van der Waals surface area (Å²) >= 11 is 0. The van der Waals surface area contributed by atoms with Crippen LogP contribution in [0.25, 0.3) is 21.9 Å². The summed E-state index contributed by atoms with van der Waals surface area (Å²) < 4.78 is 26.9. The number of benzene rings is 1. The smallest absolute Gasteiger partial charge is 0.327 e. The van der Waals surface area contributed by atoms with Crippen LogP contribution < -0.4 is 20.5 Å². The van der Waals surface area contributed by atoms with Gasteiger partial charge in [-0.3, -0.25) is 0 Å². The molecule has 154 valence electrons. The number of nitrogens with zero attached hydrogens (tertiary/aromatic N) is 4. The monoisotopic (exact) mass is 409 g/mol. The number of H-pyrrole nitrogens is 1. The van der Waals surface area contributed by atoms with Crippen LogP contribution in [-0.2, 0) is 6.42 Å². The van der Waals surface area contributed by atoms with E-state index < -0.39 is 0 Å². The summed E-state index contributed by atoms with van der Waals surface area (Å²) in [6.45, 7) is 2.20. The van der Waals surface area contributed by atoms with Crippen molar-refractivity contribution in [2.75, 3.05) is 18.9 Å². The minimum Gasteiger partial charge on any atom is -0.473 e. The molecule has 1 unspecified atom stereocenters. The molecule has 0 aliphatic carbocycles. The van der Waals surface area contributed by atoms with Crippen LogP contribution in [0.1, 0.15) is 17.8 Å². The molecule has 4 aromatic rings. The Morgan fingerprint density at radius 3 is 2.83 bits per heavy atom. The fourth-order valence-corrected chi connectivity index (χ4v) is 3.79. The van der Waals surface area contributed by atoms with Crippen molar-refractivity contribution in [3.05, 3.63) is 35.7 Å². The quantitative estimate of drug-likeness (QED) is 0.460. The van der Waals surface area contributed by atoms with Crippen LogP contribution in [0.2, 0.25) is 0 Å². The molecule has 30 heavy (non-hydrogen) atoms. The number of ether oxygens (including phenoxy) is 2. The second-order valence-corrected chi connectivity index (χ2v) is 7.13. The Kier molecular flexibility index (Phi) is 4.35. The van der Waals surface area contributed by atoms with E-state index in [0.29, 0.717) is 64.5 Å². The molecule has 0 radical (unpaired) electrons. The van der Waals surface area contributed by atoms with E-state index in [2.05, 4.69) is 30.2 Å². The van der Waals surface area contributed by atoms with Gasteiger partial charge < -0.3 is 25.5 Å². The van der Waals surface area contributed by atoms with Crippen molar-refractivity contribution in [1.82, 2.24) is 24.9 Å². The molecule has 4 heterocycles. The summed E-state index contributed by atoms with van der Waals surface area (Å²) in [7, 11) is 1.74. The van der Waals surface area contributed by atoms with Crippen molar-refractivity contribution >= 4 is 27.6 Å². The molecule has 3 aromatic heterocycles. The third kappa shape index (κ3) is 2.96. The molecule has 1 atom stereocenters. The van der Waals surface area contributed by atoms with E-state index in [-0.39, 0.29) is 17.9 Å². The van der Waals surface area contributed by atoms with Gasteiger partial charge in [-0.05, 0) is 26.0 Å². The number of aromatic amines is 1. The van der Waals surface area contributed by atoms with Gasteiger partial charge in [-0.25, -0.2) is 14.4 Å². The first kappa shape index (κ1) is 18.5. The molecule has 0 amide bonds. The fourth-order valence-electron chi connectivity index (χ4n) is 3.79. The molecule has 1 aliphatic heterocycles. The van der Waals surface area contributed by atoms with Gasteiger partial charge in [0.25, 0.3) is 0 Å². The lowest BCUT2D eigenvalue weighted by Gasteiger charge is -2.17. The number of hydrogen-bond donors (Lipinski definition) is 3. The van der Waals surface area contributed by atoms with E-state index in [1.165, 1.54) is 6.07 Å². The van der Waals surface area contributed by atoms with Crippen LogP contribution in [-0.4, -0.2) is 44.6 Å². The molecule has 0 saturated heterocycles. The minimum atomic E-state index is -0.311. The Morgan fingerprint density at radius 1 is 1.30 bits per heavy atom. The van der Waals surface area contributed by atoms with Crippen molar-refractivity contribution in [2.24, 2.45) is 5.73 Å². The molecule has 0 fully saturated rings. The molecule has 10 heteroatoms. The zero-order valence-electron chi connectivity index (χ0n) is 16.5. The fraction of sp³-hybridized carbons (Fsp3) is 0.300. The van der Waals surface area contributed by atoms with Gasteiger partial charge in [0.1, 0.15) is 23.4 Å². The molecule has 5 rings (SSSR count). The van der Waals surface area contributed by atoms with Gasteiger partial charge >= 0.3 is 6.01 Å². The molecule has 1 aromatic carbocycles. The Bertz CT molecular complexity index is 1260. The molecular weight excluding hydrogens is 389 g/mol. The highest BCUT2D eigenvalue weighted by Gasteiger charge is 2.29. The topological polar surface area (TPSA) is 124 Å². The average molecular weight is 409 g/mol. The summed E-state index contributed by atoms with van der Waals surface area (Å²) in [6, 6.07) is 1.56. The summed E-state index contributed by atoms with van der Waals surface area (Å²) in [5, 5.41) is 4.38. The largest absolute Gasteiger partial charge is 0.473 e. The van der Waals surface area contributed by atoms with Gasteiger partial charge in [0.15, 0.2) is 5.75 Å². The van der Waals surface area contributed by atoms with Crippen LogP contribution in [0.15, 0.2) is 18.5 Å². The van der Waals surface area contributed by atoms with E-state index in [1.54, 1.807) is 26.4 Å². The predicted molar refractivity (Wildman–Crippen MR) is 110 cm³/mol. The number of anilines is 1. The number of aryl methyl sites for hydroxylation is 1. The summed E-state index contributed by atoms with van der Waals surface area (Å²) in [4.78, 5) is 20.4. The lowest BCUT2D eigenvalue weighted by molar-refractivity contribution is 0.188. The zero-order chi connectivity index (χ0) is 20.8. The van der Waals surface area contributed by atoms with Gasteiger partial charge in [-0.2, -0.15) is 9.97 Å². The van der Waals surface area contributed by atoms with E-state index in [1.807, 2.05) is 0 Å². The number of aromatic nitrogens is 5. The van der Waals surface area contributed by atoms with Crippen molar-refractivity contribution in [3.63, 3.8) is 0 Å². The first-order valence-corrected chi connectivity index (χ1v) is 9.63. The highest BCUT2D eigenvalue weighted by molar-refractivity contribution is 6.14. The number of hydrogen-bond acceptors (Lipinski definition) is 8. The van der Waals surface area contributed by atoms with E-state index in [9.17, 15) is 4.39 Å². The molecule has 1 aliphatic rings. The molecule has 0 spiro atoms. The van der Waals surface area contributed by atoms with Crippen molar-refractivity contribution in [2.45, 2.75) is 25.9 Å². The first-order chi connectivity index (χ1) is 14.6. The second-order valence-electron chi connectivity index (χ2n) is 7.13. The summed E-state index contributed by atoms with van der Waals surface area (Å²) in [5.74, 6) is 1.06. The van der Waals surface area contributed by atoms with Gasteiger partial charge in [0.05, 0.1) is 29.0 Å². The molecule has 4 N–H and O–H groups in total. The Morgan fingerprint density at radius 2 is 2.10 bits per heavy atom. The van der Waals surface area contributed by atoms with Crippen LogP contribution in [0.5, 0.6) is 17.6 Å². The minimum absolute atomic E-state index is 0.0814. The predicted octanol–water partition coefficient (Wildman–Crippen LogP) is 2.83. The van der Waals surface area contributed by atoms with E-state index >= 15 is 0 Å². The first-order valence-electron chi connectivity index (χ1n) is 9.63.